The van der Waals surface area contributed by atoms with E-state index >= 15 is 0 Å². The number of hydrogen-bond acceptors (Lipinski definition) is 2. The molecule has 1 N–H and O–H groups in total. The number of nitrogens with one attached hydrogen (secondary N) is 1. The Morgan fingerprint density at radius 3 is 2.19 bits per heavy atom. The Kier molecular flexibility index (Phi) is 6.43. The second kappa shape index (κ2) is 8.98. The van der Waals surface area contributed by atoms with Crippen molar-refractivity contribution in [2.75, 3.05) is 6.54 Å². The maximum Gasteiger partial charge on any atom is 0.240 e. The molecule has 27 heavy (non-hydrogen) atoms. The van der Waals surface area contributed by atoms with E-state index in [-0.39, 0.29) is 0 Å². The molecular formula is C23H25NO2S. The third kappa shape index (κ3) is 5.78. The highest BCUT2D eigenvalue weighted by molar-refractivity contribution is 7.89. The quantitative estimate of drug-likeness (QED) is 0.586. The van der Waals surface area contributed by atoms with E-state index in [1.165, 1.54) is 16.7 Å². The van der Waals surface area contributed by atoms with Crippen LogP contribution in [0, 0.1) is 6.92 Å². The minimum atomic E-state index is -3.43. The van der Waals surface area contributed by atoms with Crippen molar-refractivity contribution in [2.24, 2.45) is 0 Å². The normalized spacial score (nSPS) is 11.4. The van der Waals surface area contributed by atoms with Gasteiger partial charge < -0.3 is 0 Å². The fourth-order valence-electron chi connectivity index (χ4n) is 3.03. The van der Waals surface area contributed by atoms with Crippen LogP contribution in [-0.4, -0.2) is 15.0 Å². The lowest BCUT2D eigenvalue weighted by Crippen LogP contribution is -2.25. The van der Waals surface area contributed by atoms with Crippen LogP contribution in [-0.2, 0) is 22.9 Å². The molecule has 0 amide bonds. The zero-order chi connectivity index (χ0) is 19.1. The van der Waals surface area contributed by atoms with Crippen LogP contribution >= 0.6 is 0 Å². The molecule has 0 fully saturated rings. The molecule has 0 saturated carbocycles. The molecule has 0 unspecified atom stereocenters. The van der Waals surface area contributed by atoms with Gasteiger partial charge in [0.1, 0.15) is 0 Å². The first-order chi connectivity index (χ1) is 13.0. The van der Waals surface area contributed by atoms with Gasteiger partial charge in [-0.25, -0.2) is 13.1 Å². The van der Waals surface area contributed by atoms with Crippen molar-refractivity contribution in [3.8, 4) is 0 Å². The van der Waals surface area contributed by atoms with Crippen molar-refractivity contribution < 1.29 is 8.42 Å². The Morgan fingerprint density at radius 1 is 0.778 bits per heavy atom. The van der Waals surface area contributed by atoms with E-state index in [2.05, 4.69) is 53.3 Å². The van der Waals surface area contributed by atoms with Crippen LogP contribution in [0.4, 0.5) is 0 Å². The summed E-state index contributed by atoms with van der Waals surface area (Å²) in [5.74, 6) is 0. The lowest BCUT2D eigenvalue weighted by Gasteiger charge is -2.08. The summed E-state index contributed by atoms with van der Waals surface area (Å²) in [5.41, 5.74) is 4.85. The van der Waals surface area contributed by atoms with Crippen LogP contribution in [0.25, 0.3) is 0 Å². The maximum absolute atomic E-state index is 12.3. The zero-order valence-electron chi connectivity index (χ0n) is 15.6. The van der Waals surface area contributed by atoms with Crippen LogP contribution in [0.1, 0.15) is 28.7 Å². The Bertz CT molecular complexity index is 965. The van der Waals surface area contributed by atoms with Gasteiger partial charge in [0.05, 0.1) is 4.90 Å². The second-order valence-electron chi connectivity index (χ2n) is 6.80. The third-order valence-electron chi connectivity index (χ3n) is 4.51. The molecule has 3 nitrogen and oxygen atoms in total. The molecule has 3 aromatic carbocycles. The number of sulfonamides is 1. The van der Waals surface area contributed by atoms with Gasteiger partial charge in [-0.05, 0) is 55.0 Å². The molecule has 4 heteroatoms. The lowest BCUT2D eigenvalue weighted by molar-refractivity contribution is 0.579. The van der Waals surface area contributed by atoms with Crippen molar-refractivity contribution in [1.29, 1.82) is 0 Å². The third-order valence-corrected chi connectivity index (χ3v) is 5.98. The second-order valence-corrected chi connectivity index (χ2v) is 8.56. The average Bonchev–Trinajstić information content (AvgIpc) is 2.67. The lowest BCUT2D eigenvalue weighted by atomic mass is 10.0. The molecule has 140 valence electrons. The van der Waals surface area contributed by atoms with Crippen molar-refractivity contribution in [1.82, 2.24) is 4.72 Å². The number of benzene rings is 3. The standard InChI is InChI=1S/C23H25NO2S/c1-19-12-14-23(15-13-19)27(25,26)24-16-6-11-21-9-5-10-22(18-21)17-20-7-3-2-4-8-20/h2-5,7-10,12-15,18,24H,6,11,16-17H2,1H3. The van der Waals surface area contributed by atoms with Crippen molar-refractivity contribution >= 4 is 10.0 Å². The van der Waals surface area contributed by atoms with Crippen molar-refractivity contribution in [3.63, 3.8) is 0 Å². The summed E-state index contributed by atoms with van der Waals surface area (Å²) in [6.07, 6.45) is 2.52. The molecule has 0 aliphatic rings. The summed E-state index contributed by atoms with van der Waals surface area (Å²) in [7, 11) is -3.43. The van der Waals surface area contributed by atoms with Crippen molar-refractivity contribution in [3.05, 3.63) is 101 Å². The monoisotopic (exact) mass is 379 g/mol. The fourth-order valence-corrected chi connectivity index (χ4v) is 4.10. The molecular weight excluding hydrogens is 354 g/mol. The van der Waals surface area contributed by atoms with Gasteiger partial charge in [0.2, 0.25) is 10.0 Å². The number of hydrogen-bond donors (Lipinski definition) is 1. The first kappa shape index (κ1) is 19.3. The highest BCUT2D eigenvalue weighted by Gasteiger charge is 2.12. The molecule has 0 atom stereocenters. The number of aryl methyl sites for hydroxylation is 2. The molecule has 0 radical (unpaired) electrons. The Hall–Kier alpha value is -2.43. The van der Waals surface area contributed by atoms with E-state index in [4.69, 9.17) is 0 Å². The Labute approximate surface area is 162 Å². The first-order valence-corrected chi connectivity index (χ1v) is 10.7. The molecule has 0 aliphatic carbocycles. The topological polar surface area (TPSA) is 46.2 Å². The van der Waals surface area contributed by atoms with Gasteiger partial charge in [-0.15, -0.1) is 0 Å². The summed E-state index contributed by atoms with van der Waals surface area (Å²) in [5, 5.41) is 0. The van der Waals surface area contributed by atoms with Gasteiger partial charge in [0.25, 0.3) is 0 Å². The van der Waals surface area contributed by atoms with E-state index in [0.29, 0.717) is 11.4 Å². The summed E-state index contributed by atoms with van der Waals surface area (Å²) < 4.78 is 27.3. The highest BCUT2D eigenvalue weighted by atomic mass is 32.2. The summed E-state index contributed by atoms with van der Waals surface area (Å²) >= 11 is 0. The first-order valence-electron chi connectivity index (χ1n) is 9.21. The summed E-state index contributed by atoms with van der Waals surface area (Å²) in [4.78, 5) is 0.318. The maximum atomic E-state index is 12.3. The zero-order valence-corrected chi connectivity index (χ0v) is 16.4. The van der Waals surface area contributed by atoms with Gasteiger partial charge in [0.15, 0.2) is 0 Å². The Morgan fingerprint density at radius 2 is 1.44 bits per heavy atom. The molecule has 0 bridgehead atoms. The van der Waals surface area contributed by atoms with Crippen molar-refractivity contribution in [2.45, 2.75) is 31.1 Å². The van der Waals surface area contributed by atoms with Gasteiger partial charge in [-0.1, -0.05) is 72.3 Å². The SMILES string of the molecule is Cc1ccc(S(=O)(=O)NCCCc2cccc(Cc3ccccc3)c2)cc1. The van der Waals surface area contributed by atoms with E-state index in [1.54, 1.807) is 12.1 Å². The molecule has 0 aliphatic heterocycles. The smallest absolute Gasteiger partial charge is 0.211 e. The predicted molar refractivity (Wildman–Crippen MR) is 110 cm³/mol. The minimum Gasteiger partial charge on any atom is -0.211 e. The van der Waals surface area contributed by atoms with E-state index in [0.717, 1.165) is 24.8 Å². The van der Waals surface area contributed by atoms with Crippen LogP contribution in [0.5, 0.6) is 0 Å². The Balaban J connectivity index is 1.52. The van der Waals surface area contributed by atoms with Gasteiger partial charge in [-0.2, -0.15) is 0 Å². The van der Waals surface area contributed by atoms with Crippen LogP contribution in [0.15, 0.2) is 83.8 Å². The molecule has 3 aromatic rings. The largest absolute Gasteiger partial charge is 0.240 e. The summed E-state index contributed by atoms with van der Waals surface area (Å²) in [6.45, 7) is 2.37. The van der Waals surface area contributed by atoms with Gasteiger partial charge >= 0.3 is 0 Å². The molecule has 0 heterocycles. The van der Waals surface area contributed by atoms with Crippen LogP contribution in [0.2, 0.25) is 0 Å². The van der Waals surface area contributed by atoms with Gasteiger partial charge in [0, 0.05) is 6.54 Å². The number of rotatable bonds is 8. The molecule has 0 saturated heterocycles. The van der Waals surface area contributed by atoms with E-state index in [9.17, 15) is 8.42 Å². The fraction of sp³-hybridized carbons (Fsp3) is 0.217. The molecule has 3 rings (SSSR count). The van der Waals surface area contributed by atoms with E-state index in [1.807, 2.05) is 25.1 Å². The van der Waals surface area contributed by atoms with E-state index < -0.39 is 10.0 Å². The minimum absolute atomic E-state index is 0.318. The highest BCUT2D eigenvalue weighted by Crippen LogP contribution is 2.13. The molecule has 0 spiro atoms. The molecule has 0 aromatic heterocycles. The summed E-state index contributed by atoms with van der Waals surface area (Å²) in [6, 6.07) is 25.8. The van der Waals surface area contributed by atoms with Crippen LogP contribution in [0.3, 0.4) is 0 Å². The predicted octanol–water partition coefficient (Wildman–Crippen LogP) is 4.50. The van der Waals surface area contributed by atoms with Crippen LogP contribution < -0.4 is 4.72 Å². The van der Waals surface area contributed by atoms with Gasteiger partial charge in [-0.3, -0.25) is 0 Å². The average molecular weight is 380 g/mol.